The first-order valence-corrected chi connectivity index (χ1v) is 10.7. The molecule has 0 spiro atoms. The molecule has 0 aliphatic heterocycles. The minimum atomic E-state index is -5.70. The molecular weight excluding hydrogens is 457 g/mol. The Morgan fingerprint density at radius 3 is 2.31 bits per heavy atom. The van der Waals surface area contributed by atoms with Crippen molar-refractivity contribution in [1.82, 2.24) is 4.83 Å². The summed E-state index contributed by atoms with van der Waals surface area (Å²) in [6, 6.07) is 10.5. The number of benzene rings is 2. The van der Waals surface area contributed by atoms with Gasteiger partial charge in [-0.25, -0.2) is 4.83 Å². The normalized spacial score (nSPS) is 13.1. The van der Waals surface area contributed by atoms with E-state index in [-0.39, 0.29) is 14.9 Å². The first-order valence-electron chi connectivity index (χ1n) is 6.78. The van der Waals surface area contributed by atoms with Crippen LogP contribution < -0.4 is 4.83 Å². The van der Waals surface area contributed by atoms with E-state index in [1.165, 1.54) is 24.3 Å². The van der Waals surface area contributed by atoms with Gasteiger partial charge in [-0.2, -0.15) is 22.3 Å². The lowest BCUT2D eigenvalue weighted by Crippen LogP contribution is -2.18. The Labute approximate surface area is 156 Å². The van der Waals surface area contributed by atoms with Crippen molar-refractivity contribution < 1.29 is 31.6 Å². The summed E-state index contributed by atoms with van der Waals surface area (Å²) in [5.74, 6) is 0. The zero-order valence-corrected chi connectivity index (χ0v) is 16.0. The summed E-state index contributed by atoms with van der Waals surface area (Å²) < 4.78 is 62.1. The van der Waals surface area contributed by atoms with E-state index in [1.807, 2.05) is 4.83 Å². The Morgan fingerprint density at radius 1 is 1.15 bits per heavy atom. The Bertz CT molecular complexity index is 980. The van der Waals surface area contributed by atoms with Crippen molar-refractivity contribution in [3.8, 4) is 0 Å². The zero-order valence-electron chi connectivity index (χ0n) is 12.8. The van der Waals surface area contributed by atoms with Gasteiger partial charge in [0.25, 0.3) is 10.0 Å². The summed E-state index contributed by atoms with van der Waals surface area (Å²) in [7, 11) is -9.57. The molecule has 2 rings (SSSR count). The molecule has 0 atom stereocenters. The van der Waals surface area contributed by atoms with Crippen molar-refractivity contribution in [2.45, 2.75) is 10.6 Å². The second-order valence-corrected chi connectivity index (χ2v) is 9.16. The number of nitrogens with zero attached hydrogens (tertiary/aromatic N) is 1. The van der Waals surface area contributed by atoms with Gasteiger partial charge < -0.3 is 9.79 Å². The molecule has 0 radical (unpaired) electrons. The first-order chi connectivity index (χ1) is 11.9. The molecule has 26 heavy (non-hydrogen) atoms. The molecule has 0 saturated carbocycles. The van der Waals surface area contributed by atoms with Crippen LogP contribution in [0.15, 0.2) is 63.0 Å². The summed E-state index contributed by atoms with van der Waals surface area (Å²) >= 11 is 2.82. The summed E-state index contributed by atoms with van der Waals surface area (Å²) in [6.45, 7) is 0. The van der Waals surface area contributed by atoms with Crippen LogP contribution in [0.5, 0.6) is 0 Å². The number of alkyl halides is 2. The molecule has 0 unspecified atom stereocenters. The standard InChI is InChI=1S/C14H12BrF2N2O5PS/c15-13-8-10(6-7-12(13)14(16,17)25(20,21)22)9-18-19-26(23,24)11-4-2-1-3-5-11/h1-9,19H,(H2,20,21,22)/b18-9+. The van der Waals surface area contributed by atoms with E-state index in [0.29, 0.717) is 0 Å². The fourth-order valence-electron chi connectivity index (χ4n) is 1.84. The van der Waals surface area contributed by atoms with E-state index in [2.05, 4.69) is 21.0 Å². The van der Waals surface area contributed by atoms with Crippen LogP contribution in [-0.2, 0) is 20.3 Å². The molecule has 140 valence electrons. The van der Waals surface area contributed by atoms with Gasteiger partial charge in [0.1, 0.15) is 0 Å². The fourth-order valence-corrected chi connectivity index (χ4v) is 3.95. The molecule has 2 aromatic rings. The molecule has 0 aliphatic rings. The number of halogens is 3. The summed E-state index contributed by atoms with van der Waals surface area (Å²) in [5.41, 5.74) is -5.04. The van der Waals surface area contributed by atoms with Gasteiger partial charge in [-0.05, 0) is 23.8 Å². The Hall–Kier alpha value is -1.65. The summed E-state index contributed by atoms with van der Waals surface area (Å²) in [5, 5.41) is 3.55. The first kappa shape index (κ1) is 20.7. The topological polar surface area (TPSA) is 116 Å². The molecule has 0 fully saturated rings. The van der Waals surface area contributed by atoms with Crippen molar-refractivity contribution in [1.29, 1.82) is 0 Å². The molecule has 0 saturated heterocycles. The molecule has 0 aromatic heterocycles. The molecule has 12 heteroatoms. The summed E-state index contributed by atoms with van der Waals surface area (Å²) in [4.78, 5) is 19.5. The van der Waals surface area contributed by atoms with Crippen LogP contribution in [0, 0.1) is 0 Å². The van der Waals surface area contributed by atoms with Crippen LogP contribution in [0.1, 0.15) is 11.1 Å². The maximum absolute atomic E-state index is 13.7. The van der Waals surface area contributed by atoms with Gasteiger partial charge >= 0.3 is 13.3 Å². The van der Waals surface area contributed by atoms with Crippen LogP contribution >= 0.6 is 23.5 Å². The van der Waals surface area contributed by atoms with E-state index in [0.717, 1.165) is 24.4 Å². The second-order valence-electron chi connectivity index (χ2n) is 4.99. The van der Waals surface area contributed by atoms with Crippen molar-refractivity contribution in [2.24, 2.45) is 5.10 Å². The number of rotatable bonds is 6. The maximum Gasteiger partial charge on any atom is 0.399 e. The molecule has 0 bridgehead atoms. The van der Waals surface area contributed by atoms with Gasteiger partial charge in [0.05, 0.1) is 11.1 Å². The second kappa shape index (κ2) is 7.53. The average molecular weight is 469 g/mol. The third-order valence-corrected chi connectivity index (χ3v) is 5.99. The molecule has 0 heterocycles. The van der Waals surface area contributed by atoms with Crippen molar-refractivity contribution in [3.05, 3.63) is 64.1 Å². The maximum atomic E-state index is 13.7. The van der Waals surface area contributed by atoms with Crippen molar-refractivity contribution >= 4 is 39.8 Å². The largest absolute Gasteiger partial charge is 0.399 e. The predicted molar refractivity (Wildman–Crippen MR) is 94.4 cm³/mol. The monoisotopic (exact) mass is 468 g/mol. The average Bonchev–Trinajstić information content (AvgIpc) is 2.54. The van der Waals surface area contributed by atoms with Crippen molar-refractivity contribution in [3.63, 3.8) is 0 Å². The molecule has 0 amide bonds. The van der Waals surface area contributed by atoms with E-state index in [1.54, 1.807) is 6.07 Å². The zero-order chi connectivity index (χ0) is 19.6. The highest BCUT2D eigenvalue weighted by molar-refractivity contribution is 9.10. The minimum Gasteiger partial charge on any atom is -0.320 e. The molecule has 0 aliphatic carbocycles. The van der Waals surface area contributed by atoms with Gasteiger partial charge in [-0.1, -0.05) is 46.3 Å². The van der Waals surface area contributed by atoms with Crippen LogP contribution in [0.3, 0.4) is 0 Å². The van der Waals surface area contributed by atoms with Crippen LogP contribution in [0.4, 0.5) is 8.78 Å². The minimum absolute atomic E-state index is 0.00466. The SMILES string of the molecule is O=P(O)(O)C(F)(F)c1ccc(/C=N/NS(=O)(=O)c2ccccc2)cc1Br. The highest BCUT2D eigenvalue weighted by Crippen LogP contribution is 2.60. The van der Waals surface area contributed by atoms with Gasteiger partial charge in [-0.3, -0.25) is 4.57 Å². The third-order valence-electron chi connectivity index (χ3n) is 3.12. The van der Waals surface area contributed by atoms with E-state index in [9.17, 15) is 21.8 Å². The molecule has 7 nitrogen and oxygen atoms in total. The number of hydrogen-bond acceptors (Lipinski definition) is 4. The lowest BCUT2D eigenvalue weighted by molar-refractivity contribution is 0.0557. The highest BCUT2D eigenvalue weighted by Gasteiger charge is 2.51. The number of nitrogens with one attached hydrogen (secondary N) is 1. The number of sulfonamides is 1. The van der Waals surface area contributed by atoms with E-state index in [4.69, 9.17) is 9.79 Å². The highest BCUT2D eigenvalue weighted by atomic mass is 79.9. The predicted octanol–water partition coefficient (Wildman–Crippen LogP) is 2.99. The third kappa shape index (κ3) is 4.54. The quantitative estimate of drug-likeness (QED) is 0.342. The van der Waals surface area contributed by atoms with Gasteiger partial charge in [0, 0.05) is 10.0 Å². The molecular formula is C14H12BrF2N2O5PS. The van der Waals surface area contributed by atoms with Gasteiger partial charge in [-0.15, -0.1) is 0 Å². The lowest BCUT2D eigenvalue weighted by Gasteiger charge is -2.19. The van der Waals surface area contributed by atoms with Gasteiger partial charge in [0.2, 0.25) is 0 Å². The number of hydrazone groups is 1. The van der Waals surface area contributed by atoms with Crippen molar-refractivity contribution in [2.75, 3.05) is 0 Å². The fraction of sp³-hybridized carbons (Fsp3) is 0.0714. The van der Waals surface area contributed by atoms with Crippen LogP contribution in [-0.4, -0.2) is 24.4 Å². The Balaban J connectivity index is 2.21. The van der Waals surface area contributed by atoms with Crippen LogP contribution in [0.2, 0.25) is 0 Å². The lowest BCUT2D eigenvalue weighted by atomic mass is 10.1. The van der Waals surface area contributed by atoms with E-state index < -0.39 is 28.8 Å². The van der Waals surface area contributed by atoms with Gasteiger partial charge in [0.15, 0.2) is 0 Å². The molecule has 3 N–H and O–H groups in total. The van der Waals surface area contributed by atoms with Crippen LogP contribution in [0.25, 0.3) is 0 Å². The Morgan fingerprint density at radius 2 is 1.77 bits per heavy atom. The summed E-state index contributed by atoms with van der Waals surface area (Å²) in [6.07, 6.45) is 1.06. The smallest absolute Gasteiger partial charge is 0.320 e. The van der Waals surface area contributed by atoms with E-state index >= 15 is 0 Å². The number of hydrogen-bond donors (Lipinski definition) is 3. The Kier molecular flexibility index (Phi) is 5.99. The molecule has 2 aromatic carbocycles.